The Morgan fingerprint density at radius 2 is 1.10 bits per heavy atom. The molecule has 50 heavy (non-hydrogen) atoms. The number of alkyl halides is 4. The van der Waals surface area contributed by atoms with E-state index in [1.165, 1.54) is 47.7 Å². The van der Waals surface area contributed by atoms with Crippen LogP contribution >= 0.6 is 46.4 Å². The fourth-order valence-corrected chi connectivity index (χ4v) is 17.1. The molecule has 0 unspecified atom stereocenters. The third kappa shape index (κ3) is 8.47. The van der Waals surface area contributed by atoms with Crippen LogP contribution in [0.3, 0.4) is 0 Å². The number of benzene rings is 4. The van der Waals surface area contributed by atoms with Crippen molar-refractivity contribution in [3.05, 3.63) is 147 Å². The molecule has 2 aliphatic rings. The Labute approximate surface area is 339 Å². The predicted octanol–water partition coefficient (Wildman–Crippen LogP) is 6.24. The standard InChI is InChI=1S/C21H25.C17H14Cl4.C5H5.2ClH.Zr/c1-20(2,3)16-7-9-18-14(12-16)11-15-13-17(21(4,5)6)8-10-19(15)18;18-8-14-2-12(3-15(6-14)9-19)1-13-4-16(10-20)7-17(5-13)11-21;1-2-4-5-3-1;;;/h7-10,12H,11H2,1-6H3;2-7H,8-11H2;1-5H;2*1H;/q;;;;;+2/p-2. The number of hydrogen-bond acceptors (Lipinski definition) is 0. The Hall–Kier alpha value is -1.15. The predicted molar refractivity (Wildman–Crippen MR) is 208 cm³/mol. The van der Waals surface area contributed by atoms with Gasteiger partial charge in [-0.05, 0) is 0 Å². The van der Waals surface area contributed by atoms with Crippen LogP contribution in [0.25, 0.3) is 11.1 Å². The zero-order chi connectivity index (χ0) is 34.4. The van der Waals surface area contributed by atoms with Gasteiger partial charge in [0.05, 0.1) is 0 Å². The Balaban J connectivity index is 0.00000281. The molecule has 0 aromatic heterocycles. The first-order valence-electron chi connectivity index (χ1n) is 16.8. The van der Waals surface area contributed by atoms with E-state index in [0.717, 1.165) is 28.7 Å². The molecule has 6 rings (SSSR count). The number of allylic oxidation sites excluding steroid dienone is 4. The molecule has 0 saturated heterocycles. The molecule has 0 nitrogen and oxygen atoms in total. The first-order chi connectivity index (χ1) is 22.9. The fourth-order valence-electron chi connectivity index (χ4n) is 7.36. The van der Waals surface area contributed by atoms with E-state index in [-0.39, 0.29) is 35.6 Å². The first-order valence-corrected chi connectivity index (χ1v) is 22.8. The van der Waals surface area contributed by atoms with E-state index in [0.29, 0.717) is 27.1 Å². The van der Waals surface area contributed by atoms with E-state index >= 15 is 0 Å². The summed E-state index contributed by atoms with van der Waals surface area (Å²) in [5.74, 6) is 1.73. The van der Waals surface area contributed by atoms with Crippen LogP contribution < -0.4 is 28.1 Å². The number of halogens is 6. The molecule has 0 saturated carbocycles. The van der Waals surface area contributed by atoms with Crippen molar-refractivity contribution >= 4 is 52.9 Å². The van der Waals surface area contributed by atoms with Crippen molar-refractivity contribution in [3.63, 3.8) is 0 Å². The van der Waals surface area contributed by atoms with E-state index in [1.54, 1.807) is 3.27 Å². The van der Waals surface area contributed by atoms with Crippen molar-refractivity contribution < 1.29 is 46.1 Å². The van der Waals surface area contributed by atoms with Gasteiger partial charge < -0.3 is 24.8 Å². The van der Waals surface area contributed by atoms with Gasteiger partial charge in [0.25, 0.3) is 0 Å². The zero-order valence-electron chi connectivity index (χ0n) is 29.5. The van der Waals surface area contributed by atoms with Crippen molar-refractivity contribution in [1.82, 2.24) is 0 Å². The van der Waals surface area contributed by atoms with Crippen molar-refractivity contribution in [2.24, 2.45) is 0 Å². The van der Waals surface area contributed by atoms with Crippen molar-refractivity contribution in [2.75, 3.05) is 0 Å². The molecule has 0 atom stereocenters. The Morgan fingerprint density at radius 3 is 1.54 bits per heavy atom. The maximum atomic E-state index is 6.56. The minimum Gasteiger partial charge on any atom is -1.00 e. The maximum Gasteiger partial charge on any atom is -1.00 e. The summed E-state index contributed by atoms with van der Waals surface area (Å²) in [4.78, 5) is 0. The maximum absolute atomic E-state index is 6.56. The van der Waals surface area contributed by atoms with Crippen molar-refractivity contribution in [2.45, 2.75) is 85.9 Å². The summed E-state index contributed by atoms with van der Waals surface area (Å²) in [6.45, 7) is 14.0. The van der Waals surface area contributed by atoms with E-state index in [4.69, 9.17) is 46.4 Å². The molecule has 0 spiro atoms. The molecule has 2 aliphatic carbocycles. The molecule has 4 aromatic carbocycles. The molecule has 7 heteroatoms. The average molecular weight is 865 g/mol. The number of fused-ring (bicyclic) bond motifs is 3. The van der Waals surface area contributed by atoms with Crippen LogP contribution in [0.5, 0.6) is 0 Å². The summed E-state index contributed by atoms with van der Waals surface area (Å²) < 4.78 is 3.39. The Kier molecular flexibility index (Phi) is 14.1. The SMILES string of the molecule is CC(C)(C)c1ccc2c(c1)Cc1c-2ccc(C(C)(C)C)[c]1[Zr+2](=[C](c1cc(CCl)cc(CCl)c1)c1cc(CCl)cc(CCl)c1)[CH]1C=CC=C1.[Cl-].[Cl-]. The minimum absolute atomic E-state index is 0. The fraction of sp³-hybridized carbons (Fsp3) is 0.326. The summed E-state index contributed by atoms with van der Waals surface area (Å²) in [6, 6.07) is 25.5. The van der Waals surface area contributed by atoms with Crippen molar-refractivity contribution in [1.29, 1.82) is 0 Å². The summed E-state index contributed by atoms with van der Waals surface area (Å²) in [5, 5.41) is 0. The number of rotatable bonds is 8. The first kappa shape index (κ1) is 41.6. The topological polar surface area (TPSA) is 0 Å². The molecule has 0 N–H and O–H groups in total. The van der Waals surface area contributed by atoms with Crippen LogP contribution in [-0.4, -0.2) is 3.21 Å². The molecule has 0 fully saturated rings. The van der Waals surface area contributed by atoms with Gasteiger partial charge in [-0.3, -0.25) is 0 Å². The van der Waals surface area contributed by atoms with Crippen LogP contribution in [0.15, 0.2) is 91.0 Å². The van der Waals surface area contributed by atoms with Gasteiger partial charge in [-0.2, -0.15) is 0 Å². The second kappa shape index (κ2) is 16.9. The van der Waals surface area contributed by atoms with Gasteiger partial charge in [-0.25, -0.2) is 0 Å². The van der Waals surface area contributed by atoms with Gasteiger partial charge in [0.15, 0.2) is 0 Å². The van der Waals surface area contributed by atoms with Gasteiger partial charge in [0.2, 0.25) is 0 Å². The summed E-state index contributed by atoms with van der Waals surface area (Å²) in [7, 11) is 0. The molecule has 0 radical (unpaired) electrons. The average Bonchev–Trinajstić information content (AvgIpc) is 3.73. The second-order valence-electron chi connectivity index (χ2n) is 15.3. The van der Waals surface area contributed by atoms with E-state index in [1.807, 2.05) is 0 Å². The third-order valence-electron chi connectivity index (χ3n) is 9.67. The van der Waals surface area contributed by atoms with Gasteiger partial charge in [0, 0.05) is 0 Å². The van der Waals surface area contributed by atoms with Crippen LogP contribution in [-0.2, 0) is 62.0 Å². The van der Waals surface area contributed by atoms with Crippen molar-refractivity contribution in [3.8, 4) is 11.1 Å². The molecule has 0 aliphatic heterocycles. The monoisotopic (exact) mass is 860 g/mol. The smallest absolute Gasteiger partial charge is 1.00 e. The van der Waals surface area contributed by atoms with E-state index in [9.17, 15) is 0 Å². The Bertz CT molecular complexity index is 1860. The van der Waals surface area contributed by atoms with Crippen LogP contribution in [0, 0.1) is 0 Å². The summed E-state index contributed by atoms with van der Waals surface area (Å²) in [5.41, 5.74) is 15.4. The molecular formula is C43H44Cl6Zr. The molecule has 0 amide bonds. The molecular weight excluding hydrogens is 820 g/mol. The molecule has 0 heterocycles. The van der Waals surface area contributed by atoms with Gasteiger partial charge in [-0.1, -0.05) is 0 Å². The summed E-state index contributed by atoms with van der Waals surface area (Å²) in [6.07, 6.45) is 10.3. The van der Waals surface area contributed by atoms with E-state index in [2.05, 4.69) is 133 Å². The number of hydrogen-bond donors (Lipinski definition) is 0. The Morgan fingerprint density at radius 1 is 0.620 bits per heavy atom. The quantitative estimate of drug-likeness (QED) is 0.162. The van der Waals surface area contributed by atoms with Gasteiger partial charge in [-0.15, -0.1) is 0 Å². The normalized spacial score (nSPS) is 13.3. The summed E-state index contributed by atoms with van der Waals surface area (Å²) >= 11 is 23.2. The van der Waals surface area contributed by atoms with Crippen LogP contribution in [0.1, 0.15) is 97.2 Å². The van der Waals surface area contributed by atoms with Crippen LogP contribution in [0.2, 0.25) is 3.63 Å². The largest absolute Gasteiger partial charge is 1.00 e. The van der Waals surface area contributed by atoms with Crippen LogP contribution in [0.4, 0.5) is 0 Å². The van der Waals surface area contributed by atoms with Gasteiger partial charge >= 0.3 is 318 Å². The van der Waals surface area contributed by atoms with E-state index < -0.39 is 21.3 Å². The molecule has 0 bridgehead atoms. The third-order valence-corrected chi connectivity index (χ3v) is 19.0. The minimum atomic E-state index is -3.02. The molecule has 4 aromatic rings. The van der Waals surface area contributed by atoms with Gasteiger partial charge in [0.1, 0.15) is 0 Å². The second-order valence-corrected chi connectivity index (χ2v) is 22.5. The zero-order valence-corrected chi connectivity index (χ0v) is 36.5. The molecule has 262 valence electrons.